The smallest absolute Gasteiger partial charge is 0.294 e. The molecule has 0 aliphatic carbocycles. The molecule has 0 atom stereocenters. The van der Waals surface area contributed by atoms with Gasteiger partial charge < -0.3 is 4.84 Å². The second kappa shape index (κ2) is 4.12. The Kier molecular flexibility index (Phi) is 2.92. The highest BCUT2D eigenvalue weighted by atomic mass is 32.2. The molecule has 5 nitrogen and oxygen atoms in total. The van der Waals surface area contributed by atoms with Crippen molar-refractivity contribution in [1.29, 1.82) is 0 Å². The van der Waals surface area contributed by atoms with Gasteiger partial charge in [0.1, 0.15) is 6.61 Å². The van der Waals surface area contributed by atoms with E-state index >= 15 is 0 Å². The van der Waals surface area contributed by atoms with Crippen LogP contribution >= 0.6 is 0 Å². The molecule has 0 radical (unpaired) electrons. The number of hydrogen-bond acceptors (Lipinski definition) is 4. The van der Waals surface area contributed by atoms with Crippen molar-refractivity contribution in [2.24, 2.45) is 5.16 Å². The quantitative estimate of drug-likeness (QED) is 0.816. The Labute approximate surface area is 99.8 Å². The summed E-state index contributed by atoms with van der Waals surface area (Å²) in [4.78, 5) is 4.85. The summed E-state index contributed by atoms with van der Waals surface area (Å²) in [5.41, 5.74) is 2.90. The second-order valence-electron chi connectivity index (χ2n) is 3.98. The maximum absolute atomic E-state index is 11.2. The van der Waals surface area contributed by atoms with E-state index < -0.39 is 10.1 Å². The Bertz CT molecular complexity index is 590. The van der Waals surface area contributed by atoms with Gasteiger partial charge in [0.25, 0.3) is 10.1 Å². The first-order valence-corrected chi connectivity index (χ1v) is 6.62. The molecule has 92 valence electrons. The van der Waals surface area contributed by atoms with Gasteiger partial charge in [-0.3, -0.25) is 4.55 Å². The molecular formula is C11H13NO4S. The van der Waals surface area contributed by atoms with Crippen LogP contribution in [-0.4, -0.2) is 25.3 Å². The highest BCUT2D eigenvalue weighted by molar-refractivity contribution is 7.85. The minimum absolute atomic E-state index is 0.0762. The van der Waals surface area contributed by atoms with Crippen molar-refractivity contribution in [2.75, 3.05) is 6.61 Å². The van der Waals surface area contributed by atoms with Gasteiger partial charge in [-0.15, -0.1) is 0 Å². The SMILES string of the molecule is Cc1ccc(S(=O)(=O)O)c(C)c1C1=NOCC1. The van der Waals surface area contributed by atoms with Crippen LogP contribution in [0.4, 0.5) is 0 Å². The van der Waals surface area contributed by atoms with Gasteiger partial charge in [-0.1, -0.05) is 11.2 Å². The first-order chi connectivity index (χ1) is 7.91. The molecule has 0 saturated heterocycles. The van der Waals surface area contributed by atoms with E-state index in [2.05, 4.69) is 5.16 Å². The van der Waals surface area contributed by atoms with E-state index in [0.29, 0.717) is 18.6 Å². The Morgan fingerprint density at radius 3 is 2.59 bits per heavy atom. The summed E-state index contributed by atoms with van der Waals surface area (Å²) in [6.07, 6.45) is 0.649. The summed E-state index contributed by atoms with van der Waals surface area (Å²) in [6, 6.07) is 3.06. The van der Waals surface area contributed by atoms with Crippen molar-refractivity contribution in [1.82, 2.24) is 0 Å². The Morgan fingerprint density at radius 2 is 2.06 bits per heavy atom. The lowest BCUT2D eigenvalue weighted by Crippen LogP contribution is -2.09. The van der Waals surface area contributed by atoms with Crippen LogP contribution in [0, 0.1) is 13.8 Å². The van der Waals surface area contributed by atoms with Crippen LogP contribution in [0.2, 0.25) is 0 Å². The zero-order valence-corrected chi connectivity index (χ0v) is 10.4. The van der Waals surface area contributed by atoms with Crippen LogP contribution in [0.1, 0.15) is 23.1 Å². The minimum Gasteiger partial charge on any atom is -0.395 e. The van der Waals surface area contributed by atoms with E-state index in [0.717, 1.165) is 16.8 Å². The second-order valence-corrected chi connectivity index (χ2v) is 5.37. The zero-order valence-electron chi connectivity index (χ0n) is 9.60. The highest BCUT2D eigenvalue weighted by Crippen LogP contribution is 2.25. The van der Waals surface area contributed by atoms with Gasteiger partial charge in [-0.25, -0.2) is 0 Å². The largest absolute Gasteiger partial charge is 0.395 e. The van der Waals surface area contributed by atoms with Gasteiger partial charge in [0.05, 0.1) is 10.6 Å². The summed E-state index contributed by atoms with van der Waals surface area (Å²) < 4.78 is 31.6. The molecule has 0 unspecified atom stereocenters. The third kappa shape index (κ3) is 2.18. The molecule has 1 aliphatic heterocycles. The Balaban J connectivity index is 2.67. The maximum atomic E-state index is 11.2. The molecule has 1 aromatic rings. The van der Waals surface area contributed by atoms with E-state index in [1.54, 1.807) is 13.0 Å². The third-order valence-corrected chi connectivity index (χ3v) is 3.79. The van der Waals surface area contributed by atoms with E-state index in [1.165, 1.54) is 6.07 Å². The van der Waals surface area contributed by atoms with Crippen molar-refractivity contribution >= 4 is 15.8 Å². The standard InChI is InChI=1S/C11H13NO4S/c1-7-3-4-10(17(13,14)15)8(2)11(7)9-5-6-16-12-9/h3-4H,5-6H2,1-2H3,(H,13,14,15). The molecule has 0 aromatic heterocycles. The van der Waals surface area contributed by atoms with Crippen LogP contribution in [0.3, 0.4) is 0 Å². The first-order valence-electron chi connectivity index (χ1n) is 5.18. The van der Waals surface area contributed by atoms with Crippen LogP contribution in [0.15, 0.2) is 22.2 Å². The molecule has 1 N–H and O–H groups in total. The van der Waals surface area contributed by atoms with Crippen LogP contribution in [0.5, 0.6) is 0 Å². The summed E-state index contributed by atoms with van der Waals surface area (Å²) in [5.74, 6) is 0. The van der Waals surface area contributed by atoms with Crippen molar-refractivity contribution in [2.45, 2.75) is 25.2 Å². The number of hydrogen-bond donors (Lipinski definition) is 1. The first kappa shape index (κ1) is 12.1. The van der Waals surface area contributed by atoms with E-state index in [4.69, 9.17) is 9.39 Å². The molecule has 1 aliphatic rings. The molecule has 6 heteroatoms. The predicted molar refractivity (Wildman–Crippen MR) is 62.8 cm³/mol. The third-order valence-electron chi connectivity index (χ3n) is 2.80. The number of oxime groups is 1. The van der Waals surface area contributed by atoms with Gasteiger partial charge in [0.2, 0.25) is 0 Å². The molecular weight excluding hydrogens is 242 g/mol. The molecule has 0 amide bonds. The lowest BCUT2D eigenvalue weighted by molar-refractivity contribution is 0.174. The Morgan fingerprint density at radius 1 is 1.35 bits per heavy atom. The van der Waals surface area contributed by atoms with Gasteiger partial charge in [0, 0.05) is 12.0 Å². The Hall–Kier alpha value is -1.40. The van der Waals surface area contributed by atoms with E-state index in [1.807, 2.05) is 6.92 Å². The monoisotopic (exact) mass is 255 g/mol. The van der Waals surface area contributed by atoms with Gasteiger partial charge in [0.15, 0.2) is 0 Å². The number of benzene rings is 1. The van der Waals surface area contributed by atoms with Crippen LogP contribution in [-0.2, 0) is 15.0 Å². The summed E-state index contributed by atoms with van der Waals surface area (Å²) >= 11 is 0. The van der Waals surface area contributed by atoms with Crippen molar-refractivity contribution in [3.8, 4) is 0 Å². The maximum Gasteiger partial charge on any atom is 0.294 e. The highest BCUT2D eigenvalue weighted by Gasteiger charge is 2.21. The fourth-order valence-corrected chi connectivity index (χ4v) is 2.76. The molecule has 0 bridgehead atoms. The number of rotatable bonds is 2. The summed E-state index contributed by atoms with van der Waals surface area (Å²) in [7, 11) is -4.20. The van der Waals surface area contributed by atoms with Crippen LogP contribution < -0.4 is 0 Å². The van der Waals surface area contributed by atoms with E-state index in [9.17, 15) is 8.42 Å². The summed E-state index contributed by atoms with van der Waals surface area (Å²) in [5, 5.41) is 3.89. The van der Waals surface area contributed by atoms with Gasteiger partial charge in [-0.2, -0.15) is 8.42 Å². The van der Waals surface area contributed by atoms with E-state index in [-0.39, 0.29) is 4.90 Å². The molecule has 1 aromatic carbocycles. The number of nitrogens with zero attached hydrogens (tertiary/aromatic N) is 1. The average molecular weight is 255 g/mol. The van der Waals surface area contributed by atoms with Crippen molar-refractivity contribution in [3.05, 3.63) is 28.8 Å². The summed E-state index contributed by atoms with van der Waals surface area (Å²) in [6.45, 7) is 4.04. The molecule has 17 heavy (non-hydrogen) atoms. The molecule has 0 saturated carbocycles. The van der Waals surface area contributed by atoms with Crippen molar-refractivity contribution < 1.29 is 17.8 Å². The molecule has 0 fully saturated rings. The molecule has 1 heterocycles. The van der Waals surface area contributed by atoms with Gasteiger partial charge >= 0.3 is 0 Å². The molecule has 2 rings (SSSR count). The van der Waals surface area contributed by atoms with Crippen molar-refractivity contribution in [3.63, 3.8) is 0 Å². The molecule has 0 spiro atoms. The lowest BCUT2D eigenvalue weighted by atomic mass is 9.97. The average Bonchev–Trinajstić information content (AvgIpc) is 2.68. The van der Waals surface area contributed by atoms with Gasteiger partial charge in [-0.05, 0) is 31.0 Å². The predicted octanol–water partition coefficient (Wildman–Crippen LogP) is 1.67. The lowest BCUT2D eigenvalue weighted by Gasteiger charge is -2.11. The minimum atomic E-state index is -4.20. The van der Waals surface area contributed by atoms with Crippen LogP contribution in [0.25, 0.3) is 0 Å². The number of aryl methyl sites for hydroxylation is 1. The zero-order chi connectivity index (χ0) is 12.6. The fourth-order valence-electron chi connectivity index (χ4n) is 2.03. The topological polar surface area (TPSA) is 76.0 Å². The fraction of sp³-hybridized carbons (Fsp3) is 0.364. The normalized spacial score (nSPS) is 15.6.